The van der Waals surface area contributed by atoms with Crippen LogP contribution in [0.5, 0.6) is 0 Å². The Morgan fingerprint density at radius 3 is 2.57 bits per heavy atom. The molecule has 0 unspecified atom stereocenters. The molecule has 114 valence electrons. The highest BCUT2D eigenvalue weighted by Gasteiger charge is 2.19. The lowest BCUT2D eigenvalue weighted by Gasteiger charge is -2.20. The van der Waals surface area contributed by atoms with Crippen molar-refractivity contribution in [1.29, 1.82) is 0 Å². The molecule has 0 saturated heterocycles. The number of aryl methyl sites for hydroxylation is 1. The molecule has 2 aromatic heterocycles. The quantitative estimate of drug-likeness (QED) is 0.914. The Morgan fingerprint density at radius 1 is 1.19 bits per heavy atom. The Labute approximate surface area is 126 Å². The normalized spacial score (nSPS) is 11.7. The average Bonchev–Trinajstić information content (AvgIpc) is 2.86. The molecule has 0 atom stereocenters. The third-order valence-electron chi connectivity index (χ3n) is 3.26. The fourth-order valence-corrected chi connectivity index (χ4v) is 2.14. The van der Waals surface area contributed by atoms with E-state index >= 15 is 0 Å². The Hall–Kier alpha value is -1.91. The lowest BCUT2D eigenvalue weighted by atomic mass is 9.92. The summed E-state index contributed by atoms with van der Waals surface area (Å²) < 4.78 is 2.11. The fourth-order valence-electron chi connectivity index (χ4n) is 2.14. The van der Waals surface area contributed by atoms with Crippen molar-refractivity contribution in [1.82, 2.24) is 19.5 Å². The molecule has 1 N–H and O–H groups in total. The number of rotatable bonds is 5. The van der Waals surface area contributed by atoms with Crippen LogP contribution in [0.4, 0.5) is 5.82 Å². The van der Waals surface area contributed by atoms with Crippen molar-refractivity contribution in [2.75, 3.05) is 11.9 Å². The van der Waals surface area contributed by atoms with Crippen molar-refractivity contribution in [2.45, 2.75) is 53.0 Å². The zero-order valence-electron chi connectivity index (χ0n) is 13.6. The molecule has 0 aliphatic heterocycles. The van der Waals surface area contributed by atoms with Crippen molar-refractivity contribution in [3.8, 4) is 11.5 Å². The van der Waals surface area contributed by atoms with Crippen LogP contribution in [-0.2, 0) is 12.0 Å². The van der Waals surface area contributed by atoms with E-state index in [4.69, 9.17) is 4.98 Å². The van der Waals surface area contributed by atoms with Gasteiger partial charge in [-0.3, -0.25) is 0 Å². The van der Waals surface area contributed by atoms with E-state index in [1.54, 1.807) is 0 Å². The Kier molecular flexibility index (Phi) is 4.60. The molecule has 2 rings (SSSR count). The molecule has 5 nitrogen and oxygen atoms in total. The van der Waals surface area contributed by atoms with Gasteiger partial charge in [-0.2, -0.15) is 0 Å². The molecule has 21 heavy (non-hydrogen) atoms. The van der Waals surface area contributed by atoms with Crippen LogP contribution in [0.1, 0.15) is 46.7 Å². The number of nitrogens with one attached hydrogen (secondary N) is 1. The average molecular weight is 287 g/mol. The molecule has 0 aromatic carbocycles. The Balaban J connectivity index is 2.51. The second-order valence-electron chi connectivity index (χ2n) is 6.21. The molecular weight excluding hydrogens is 262 g/mol. The molecule has 0 fully saturated rings. The van der Waals surface area contributed by atoms with Crippen molar-refractivity contribution >= 4 is 5.82 Å². The summed E-state index contributed by atoms with van der Waals surface area (Å²) in [6, 6.07) is 2.04. The van der Waals surface area contributed by atoms with E-state index in [0.29, 0.717) is 0 Å². The van der Waals surface area contributed by atoms with Gasteiger partial charge in [0.05, 0.1) is 18.2 Å². The van der Waals surface area contributed by atoms with Crippen molar-refractivity contribution in [3.05, 3.63) is 24.3 Å². The van der Waals surface area contributed by atoms with Gasteiger partial charge in [0.15, 0.2) is 5.82 Å². The van der Waals surface area contributed by atoms with Crippen LogP contribution in [0.3, 0.4) is 0 Å². The van der Waals surface area contributed by atoms with Gasteiger partial charge in [0.25, 0.3) is 0 Å². The highest BCUT2D eigenvalue weighted by atomic mass is 15.1. The molecule has 2 heterocycles. The second-order valence-corrected chi connectivity index (χ2v) is 6.21. The van der Waals surface area contributed by atoms with Crippen LogP contribution in [0.2, 0.25) is 0 Å². The van der Waals surface area contributed by atoms with Gasteiger partial charge < -0.3 is 9.88 Å². The van der Waals surface area contributed by atoms with Crippen molar-refractivity contribution in [3.63, 3.8) is 0 Å². The third-order valence-corrected chi connectivity index (χ3v) is 3.26. The SMILES string of the molecule is CCCn1cncc1-c1nc(NCC)cc(C(C)(C)C)n1. The van der Waals surface area contributed by atoms with E-state index in [2.05, 4.69) is 54.5 Å². The van der Waals surface area contributed by atoms with Crippen LogP contribution < -0.4 is 5.32 Å². The molecule has 0 amide bonds. The van der Waals surface area contributed by atoms with Crippen LogP contribution in [0.25, 0.3) is 11.5 Å². The first kappa shape index (κ1) is 15.5. The van der Waals surface area contributed by atoms with E-state index in [-0.39, 0.29) is 5.41 Å². The number of hydrogen-bond donors (Lipinski definition) is 1. The van der Waals surface area contributed by atoms with Gasteiger partial charge in [0, 0.05) is 24.6 Å². The predicted octanol–water partition coefficient (Wildman–Crippen LogP) is 3.48. The molecule has 2 aromatic rings. The summed E-state index contributed by atoms with van der Waals surface area (Å²) in [5.74, 6) is 1.61. The van der Waals surface area contributed by atoms with Gasteiger partial charge >= 0.3 is 0 Å². The zero-order chi connectivity index (χ0) is 15.5. The maximum atomic E-state index is 4.76. The van der Waals surface area contributed by atoms with Crippen LogP contribution in [-0.4, -0.2) is 26.1 Å². The highest BCUT2D eigenvalue weighted by molar-refractivity contribution is 5.53. The molecule has 0 saturated carbocycles. The summed E-state index contributed by atoms with van der Waals surface area (Å²) in [5, 5.41) is 3.29. The molecule has 0 bridgehead atoms. The minimum absolute atomic E-state index is 0.0164. The lowest BCUT2D eigenvalue weighted by Crippen LogP contribution is -2.16. The van der Waals surface area contributed by atoms with E-state index in [0.717, 1.165) is 42.5 Å². The van der Waals surface area contributed by atoms with Crippen LogP contribution >= 0.6 is 0 Å². The van der Waals surface area contributed by atoms with E-state index in [1.165, 1.54) is 0 Å². The van der Waals surface area contributed by atoms with Crippen molar-refractivity contribution < 1.29 is 0 Å². The first-order chi connectivity index (χ1) is 9.95. The van der Waals surface area contributed by atoms with E-state index < -0.39 is 0 Å². The van der Waals surface area contributed by atoms with Gasteiger partial charge in [-0.15, -0.1) is 0 Å². The fraction of sp³-hybridized carbons (Fsp3) is 0.562. The topological polar surface area (TPSA) is 55.6 Å². The lowest BCUT2D eigenvalue weighted by molar-refractivity contribution is 0.567. The minimum atomic E-state index is -0.0164. The Bertz CT molecular complexity index is 595. The molecule has 0 radical (unpaired) electrons. The summed E-state index contributed by atoms with van der Waals surface area (Å²) >= 11 is 0. The molecule has 0 spiro atoms. The maximum Gasteiger partial charge on any atom is 0.180 e. The summed E-state index contributed by atoms with van der Waals surface area (Å²) in [7, 11) is 0. The van der Waals surface area contributed by atoms with Gasteiger partial charge in [0.2, 0.25) is 0 Å². The molecule has 0 aliphatic rings. The number of nitrogens with zero attached hydrogens (tertiary/aromatic N) is 4. The van der Waals surface area contributed by atoms with Gasteiger partial charge in [-0.05, 0) is 13.3 Å². The predicted molar refractivity (Wildman–Crippen MR) is 86.4 cm³/mol. The zero-order valence-corrected chi connectivity index (χ0v) is 13.6. The van der Waals surface area contributed by atoms with Crippen LogP contribution in [0, 0.1) is 0 Å². The van der Waals surface area contributed by atoms with Gasteiger partial charge in [-0.1, -0.05) is 27.7 Å². The summed E-state index contributed by atoms with van der Waals surface area (Å²) in [6.07, 6.45) is 4.74. The molecule has 5 heteroatoms. The minimum Gasteiger partial charge on any atom is -0.370 e. The first-order valence-electron chi connectivity index (χ1n) is 7.59. The first-order valence-corrected chi connectivity index (χ1v) is 7.59. The number of aromatic nitrogens is 4. The van der Waals surface area contributed by atoms with Crippen LogP contribution in [0.15, 0.2) is 18.6 Å². The molecular formula is C16H25N5. The smallest absolute Gasteiger partial charge is 0.180 e. The summed E-state index contributed by atoms with van der Waals surface area (Å²) in [5.41, 5.74) is 1.99. The Morgan fingerprint density at radius 2 is 1.95 bits per heavy atom. The van der Waals surface area contributed by atoms with E-state index in [9.17, 15) is 0 Å². The number of imidazole rings is 1. The third kappa shape index (κ3) is 3.60. The van der Waals surface area contributed by atoms with Crippen molar-refractivity contribution in [2.24, 2.45) is 0 Å². The standard InChI is InChI=1S/C16H25N5/c1-6-8-21-11-17-10-12(21)15-19-13(16(3,4)5)9-14(20-15)18-7-2/h9-11H,6-8H2,1-5H3,(H,18,19,20). The monoisotopic (exact) mass is 287 g/mol. The van der Waals surface area contributed by atoms with Gasteiger partial charge in [-0.25, -0.2) is 15.0 Å². The van der Waals surface area contributed by atoms with E-state index in [1.807, 2.05) is 18.6 Å². The summed E-state index contributed by atoms with van der Waals surface area (Å²) in [4.78, 5) is 13.6. The molecule has 0 aliphatic carbocycles. The maximum absolute atomic E-state index is 4.76. The number of hydrogen-bond acceptors (Lipinski definition) is 4. The second kappa shape index (κ2) is 6.24. The van der Waals surface area contributed by atoms with Gasteiger partial charge in [0.1, 0.15) is 11.5 Å². The summed E-state index contributed by atoms with van der Waals surface area (Å²) in [6.45, 7) is 12.5. The number of anilines is 1. The highest BCUT2D eigenvalue weighted by Crippen LogP contribution is 2.25. The largest absolute Gasteiger partial charge is 0.370 e.